The van der Waals surface area contributed by atoms with Crippen LogP contribution in [0, 0.1) is 0 Å². The fraction of sp³-hybridized carbons (Fsp3) is 0.111. The van der Waals surface area contributed by atoms with Crippen molar-refractivity contribution in [2.75, 3.05) is 6.61 Å². The van der Waals surface area contributed by atoms with Crippen molar-refractivity contribution in [3.05, 3.63) is 57.2 Å². The third-order valence-electron chi connectivity index (χ3n) is 3.83. The van der Waals surface area contributed by atoms with E-state index in [0.29, 0.717) is 18.1 Å². The van der Waals surface area contributed by atoms with Crippen LogP contribution in [-0.2, 0) is 0 Å². The van der Waals surface area contributed by atoms with Gasteiger partial charge in [0.1, 0.15) is 0 Å². The third-order valence-corrected chi connectivity index (χ3v) is 4.41. The molecule has 0 aliphatic heterocycles. The predicted octanol–water partition coefficient (Wildman–Crippen LogP) is 3.84. The van der Waals surface area contributed by atoms with Crippen LogP contribution >= 0.6 is 23.2 Å². The summed E-state index contributed by atoms with van der Waals surface area (Å²) in [6, 6.07) is 11.0. The van der Waals surface area contributed by atoms with Gasteiger partial charge in [-0.2, -0.15) is 0 Å². The van der Waals surface area contributed by atoms with Crippen molar-refractivity contribution in [3.63, 3.8) is 0 Å². The molecule has 4 rings (SSSR count). The number of fused-ring (bicyclic) bond motifs is 3. The van der Waals surface area contributed by atoms with E-state index in [1.807, 2.05) is 37.3 Å². The van der Waals surface area contributed by atoms with Crippen LogP contribution in [-0.4, -0.2) is 26.3 Å². The summed E-state index contributed by atoms with van der Waals surface area (Å²) >= 11 is 12.0. The molecule has 2 aromatic carbocycles. The monoisotopic (exact) mass is 373 g/mol. The fourth-order valence-corrected chi connectivity index (χ4v) is 3.24. The summed E-state index contributed by atoms with van der Waals surface area (Å²) in [5.74, 6) is 0.346. The van der Waals surface area contributed by atoms with E-state index in [4.69, 9.17) is 27.9 Å². The third kappa shape index (κ3) is 2.65. The van der Waals surface area contributed by atoms with Gasteiger partial charge in [0.05, 0.1) is 32.9 Å². The van der Waals surface area contributed by atoms with Gasteiger partial charge in [-0.3, -0.25) is 0 Å². The Morgan fingerprint density at radius 2 is 1.92 bits per heavy atom. The van der Waals surface area contributed by atoms with Crippen LogP contribution in [0.15, 0.2) is 36.4 Å². The van der Waals surface area contributed by atoms with Crippen molar-refractivity contribution < 1.29 is 9.84 Å². The van der Waals surface area contributed by atoms with Crippen molar-refractivity contribution in [2.24, 2.45) is 0 Å². The molecule has 0 saturated carbocycles. The highest BCUT2D eigenvalue weighted by atomic mass is 35.5. The van der Waals surface area contributed by atoms with Crippen molar-refractivity contribution in [3.8, 4) is 11.6 Å². The highest BCUT2D eigenvalue weighted by Gasteiger charge is 2.14. The first-order valence-corrected chi connectivity index (χ1v) is 8.43. The molecule has 1 N–H and O–H groups in total. The van der Waals surface area contributed by atoms with E-state index in [-0.39, 0.29) is 15.8 Å². The number of benzene rings is 2. The summed E-state index contributed by atoms with van der Waals surface area (Å²) in [6.45, 7) is 2.38. The Bertz CT molecular complexity index is 1130. The standard InChI is InChI=1S/C18H13Cl2N3O2/c1-2-25-18-11(7-10-8-12(19)16(24)13(20)9-10)17-21-14-5-3-4-6-15(14)23(17)22-18/h3-9,24H,2H2,1H3/b11-7+. The number of hydrogen-bond donors (Lipinski definition) is 1. The maximum Gasteiger partial charge on any atom is 0.242 e. The summed E-state index contributed by atoms with van der Waals surface area (Å²) in [6.07, 6.45) is 1.84. The number of halogens is 2. The fourth-order valence-electron chi connectivity index (χ4n) is 2.73. The second-order valence-corrected chi connectivity index (χ2v) is 6.28. The number of phenolic OH excluding ortho intramolecular Hbond substituents is 1. The van der Waals surface area contributed by atoms with Gasteiger partial charge in [0, 0.05) is 0 Å². The molecule has 0 radical (unpaired) electrons. The molecule has 2 aromatic heterocycles. The molecule has 7 heteroatoms. The maximum absolute atomic E-state index is 9.73. The van der Waals surface area contributed by atoms with Gasteiger partial charge in [0.2, 0.25) is 5.88 Å². The van der Waals surface area contributed by atoms with E-state index in [9.17, 15) is 5.11 Å². The van der Waals surface area contributed by atoms with Gasteiger partial charge in [-0.05, 0) is 42.8 Å². The van der Waals surface area contributed by atoms with E-state index < -0.39 is 0 Å². The molecule has 0 aliphatic rings. The van der Waals surface area contributed by atoms with Crippen LogP contribution < -0.4 is 9.96 Å². The molecule has 2 heterocycles. The zero-order chi connectivity index (χ0) is 17.6. The molecule has 0 fully saturated rings. The Kier molecular flexibility index (Phi) is 3.90. The van der Waals surface area contributed by atoms with E-state index >= 15 is 0 Å². The summed E-state index contributed by atoms with van der Waals surface area (Å²) in [5, 5.41) is 15.4. The number of aromatic hydroxyl groups is 1. The Morgan fingerprint density at radius 3 is 2.64 bits per heavy atom. The number of ether oxygens (including phenoxy) is 1. The first-order valence-electron chi connectivity index (χ1n) is 7.68. The summed E-state index contributed by atoms with van der Waals surface area (Å²) in [4.78, 5) is 4.65. The summed E-state index contributed by atoms with van der Waals surface area (Å²) < 4.78 is 7.43. The Balaban J connectivity index is 2.03. The van der Waals surface area contributed by atoms with Crippen molar-refractivity contribution in [2.45, 2.75) is 6.92 Å². The zero-order valence-electron chi connectivity index (χ0n) is 13.2. The lowest BCUT2D eigenvalue weighted by Crippen LogP contribution is -2.06. The van der Waals surface area contributed by atoms with Gasteiger partial charge in [0.15, 0.2) is 11.4 Å². The van der Waals surface area contributed by atoms with Crippen LogP contribution in [0.3, 0.4) is 0 Å². The lowest BCUT2D eigenvalue weighted by Gasteiger charge is -2.02. The lowest BCUT2D eigenvalue weighted by atomic mass is 10.2. The van der Waals surface area contributed by atoms with Crippen LogP contribution in [0.1, 0.15) is 12.5 Å². The molecule has 0 spiro atoms. The number of hydrogen-bond acceptors (Lipinski definition) is 4. The van der Waals surface area contributed by atoms with Gasteiger partial charge >= 0.3 is 0 Å². The number of phenols is 1. The number of imidazole rings is 1. The highest BCUT2D eigenvalue weighted by molar-refractivity contribution is 6.37. The molecule has 4 aromatic rings. The van der Waals surface area contributed by atoms with Gasteiger partial charge < -0.3 is 9.84 Å². The number of aromatic nitrogens is 3. The molecule has 126 valence electrons. The second kappa shape index (κ2) is 6.10. The first kappa shape index (κ1) is 16.0. The number of para-hydroxylation sites is 2. The van der Waals surface area contributed by atoms with Gasteiger partial charge in [-0.25, -0.2) is 9.50 Å². The largest absolute Gasteiger partial charge is 0.505 e. The van der Waals surface area contributed by atoms with E-state index in [1.165, 1.54) is 0 Å². The van der Waals surface area contributed by atoms with E-state index in [2.05, 4.69) is 10.1 Å². The smallest absolute Gasteiger partial charge is 0.242 e. The Morgan fingerprint density at radius 1 is 1.20 bits per heavy atom. The lowest BCUT2D eigenvalue weighted by molar-refractivity contribution is 0.323. The van der Waals surface area contributed by atoms with Gasteiger partial charge in [-0.1, -0.05) is 35.3 Å². The van der Waals surface area contributed by atoms with Crippen molar-refractivity contribution in [1.82, 2.24) is 14.6 Å². The van der Waals surface area contributed by atoms with Crippen molar-refractivity contribution >= 4 is 46.0 Å². The molecule has 0 bridgehead atoms. The summed E-state index contributed by atoms with van der Waals surface area (Å²) in [5.41, 5.74) is 3.16. The topological polar surface area (TPSA) is 59.7 Å². The molecule has 25 heavy (non-hydrogen) atoms. The highest BCUT2D eigenvalue weighted by Crippen LogP contribution is 2.33. The average Bonchev–Trinajstić information content (AvgIpc) is 3.10. The molecule has 0 amide bonds. The minimum absolute atomic E-state index is 0.136. The Hall–Kier alpha value is -2.50. The SMILES string of the molecule is CCOc1nn2c(nc3ccccc32)/c1=C\c1cc(Cl)c(O)c(Cl)c1. The van der Waals surface area contributed by atoms with Gasteiger partial charge in [0.25, 0.3) is 0 Å². The normalized spacial score (nSPS) is 12.4. The van der Waals surface area contributed by atoms with Crippen LogP contribution in [0.25, 0.3) is 22.8 Å². The first-order chi connectivity index (χ1) is 12.1. The molecule has 5 nitrogen and oxygen atoms in total. The van der Waals surface area contributed by atoms with Crippen LogP contribution in [0.2, 0.25) is 10.0 Å². The predicted molar refractivity (Wildman–Crippen MR) is 98.6 cm³/mol. The molecule has 0 atom stereocenters. The zero-order valence-corrected chi connectivity index (χ0v) is 14.7. The Labute approximate surface area is 153 Å². The number of rotatable bonds is 3. The minimum atomic E-state index is -0.136. The second-order valence-electron chi connectivity index (χ2n) is 5.47. The molecular weight excluding hydrogens is 361 g/mol. The molecule has 0 unspecified atom stereocenters. The van der Waals surface area contributed by atoms with Crippen molar-refractivity contribution in [1.29, 1.82) is 0 Å². The minimum Gasteiger partial charge on any atom is -0.505 e. The molecule has 0 saturated heterocycles. The summed E-state index contributed by atoms with van der Waals surface area (Å²) in [7, 11) is 0. The van der Waals surface area contributed by atoms with Crippen LogP contribution in [0.5, 0.6) is 11.6 Å². The molecule has 0 aliphatic carbocycles. The molecular formula is C18H13Cl2N3O2. The van der Waals surface area contributed by atoms with Crippen LogP contribution in [0.4, 0.5) is 0 Å². The average molecular weight is 374 g/mol. The van der Waals surface area contributed by atoms with Gasteiger partial charge in [-0.15, -0.1) is 5.10 Å². The van der Waals surface area contributed by atoms with E-state index in [1.54, 1.807) is 16.6 Å². The quantitative estimate of drug-likeness (QED) is 0.592. The number of nitrogens with zero attached hydrogens (tertiary/aromatic N) is 3. The van der Waals surface area contributed by atoms with E-state index in [0.717, 1.165) is 21.8 Å². The maximum atomic E-state index is 9.73.